The monoisotopic (exact) mass is 383 g/mol. The molecule has 0 aliphatic carbocycles. The van der Waals surface area contributed by atoms with E-state index in [1.165, 1.54) is 0 Å². The van der Waals surface area contributed by atoms with Crippen molar-refractivity contribution in [2.45, 2.75) is 6.92 Å². The molecule has 1 heterocycles. The minimum absolute atomic E-state index is 0.251. The lowest BCUT2D eigenvalue weighted by atomic mass is 10.0. The third-order valence-electron chi connectivity index (χ3n) is 4.82. The molecule has 1 amide bonds. The fraction of sp³-hybridized carbons (Fsp3) is 0.0833. The van der Waals surface area contributed by atoms with Crippen LogP contribution < -0.4 is 10.2 Å². The molecule has 0 fully saturated rings. The molecule has 0 aliphatic rings. The van der Waals surface area contributed by atoms with E-state index in [4.69, 9.17) is 4.74 Å². The zero-order chi connectivity index (χ0) is 20.2. The molecule has 0 radical (unpaired) electrons. The van der Waals surface area contributed by atoms with E-state index in [0.29, 0.717) is 5.56 Å². The first-order valence-electron chi connectivity index (χ1n) is 9.31. The molecule has 3 aromatic carbocycles. The fourth-order valence-electron chi connectivity index (χ4n) is 3.22. The first-order chi connectivity index (χ1) is 14.2. The average molecular weight is 383 g/mol. The van der Waals surface area contributed by atoms with Crippen molar-refractivity contribution in [3.63, 3.8) is 0 Å². The second-order valence-electron chi connectivity index (χ2n) is 6.67. The maximum Gasteiger partial charge on any atom is 0.273 e. The molecule has 4 rings (SSSR count). The quantitative estimate of drug-likeness (QED) is 0.398. The minimum atomic E-state index is -0.251. The van der Waals surface area contributed by atoms with Crippen molar-refractivity contribution < 1.29 is 9.53 Å². The number of hydrazone groups is 1. The Kier molecular flexibility index (Phi) is 5.12. The van der Waals surface area contributed by atoms with Gasteiger partial charge in [-0.05, 0) is 65.7 Å². The van der Waals surface area contributed by atoms with Gasteiger partial charge in [0.2, 0.25) is 0 Å². The molecule has 0 spiro atoms. The zero-order valence-electron chi connectivity index (χ0n) is 16.3. The highest BCUT2D eigenvalue weighted by Gasteiger charge is 2.11. The molecule has 5 nitrogen and oxygen atoms in total. The summed E-state index contributed by atoms with van der Waals surface area (Å²) in [6.07, 6.45) is 3.81. The number of benzene rings is 3. The molecule has 0 bridgehead atoms. The van der Waals surface area contributed by atoms with Crippen molar-refractivity contribution in [3.8, 4) is 11.4 Å². The maximum atomic E-state index is 12.7. The molecule has 0 saturated heterocycles. The Bertz CT molecular complexity index is 1190. The number of para-hydroxylation sites is 1. The van der Waals surface area contributed by atoms with Gasteiger partial charge >= 0.3 is 0 Å². The van der Waals surface area contributed by atoms with E-state index in [1.54, 1.807) is 13.2 Å². The number of fused-ring (bicyclic) bond motifs is 1. The second kappa shape index (κ2) is 8.02. The van der Waals surface area contributed by atoms with Crippen molar-refractivity contribution in [1.82, 2.24) is 9.99 Å². The molecule has 1 aromatic heterocycles. The Balaban J connectivity index is 1.56. The minimum Gasteiger partial charge on any atom is -0.497 e. The topological polar surface area (TPSA) is 55.6 Å². The number of rotatable bonds is 5. The summed E-state index contributed by atoms with van der Waals surface area (Å²) in [5, 5.41) is 6.49. The average Bonchev–Trinajstić information content (AvgIpc) is 3.31. The zero-order valence-corrected chi connectivity index (χ0v) is 16.3. The van der Waals surface area contributed by atoms with Crippen LogP contribution in [-0.4, -0.2) is 23.3 Å². The van der Waals surface area contributed by atoms with Crippen LogP contribution in [0, 0.1) is 0 Å². The summed E-state index contributed by atoms with van der Waals surface area (Å²) in [5.74, 6) is 0.573. The number of carbonyl (C=O) groups is 1. The number of ether oxygens (including phenoxy) is 1. The highest BCUT2D eigenvalue weighted by Crippen LogP contribution is 2.22. The van der Waals surface area contributed by atoms with Crippen molar-refractivity contribution in [2.75, 3.05) is 7.11 Å². The van der Waals surface area contributed by atoms with E-state index < -0.39 is 0 Å². The second-order valence-corrected chi connectivity index (χ2v) is 6.67. The molecule has 0 unspecified atom stereocenters. The number of carbonyl (C=O) groups excluding carboxylic acids is 1. The first-order valence-corrected chi connectivity index (χ1v) is 9.31. The Morgan fingerprint density at radius 2 is 1.66 bits per heavy atom. The molecule has 144 valence electrons. The number of aromatic nitrogens is 1. The van der Waals surface area contributed by atoms with Crippen molar-refractivity contribution in [1.29, 1.82) is 0 Å². The number of nitrogens with zero attached hydrogens (tertiary/aromatic N) is 2. The van der Waals surface area contributed by atoms with Crippen LogP contribution in [0.3, 0.4) is 0 Å². The van der Waals surface area contributed by atoms with E-state index >= 15 is 0 Å². The van der Waals surface area contributed by atoms with Gasteiger partial charge in [-0.25, -0.2) is 5.43 Å². The smallest absolute Gasteiger partial charge is 0.273 e. The van der Waals surface area contributed by atoms with Gasteiger partial charge in [0.15, 0.2) is 0 Å². The summed E-state index contributed by atoms with van der Waals surface area (Å²) in [5.41, 5.74) is 5.73. The summed E-state index contributed by atoms with van der Waals surface area (Å²) in [6, 6.07) is 23.3. The Morgan fingerprint density at radius 3 is 2.45 bits per heavy atom. The van der Waals surface area contributed by atoms with Crippen LogP contribution in [0.4, 0.5) is 0 Å². The Hall–Kier alpha value is -3.86. The van der Waals surface area contributed by atoms with Gasteiger partial charge in [0, 0.05) is 12.4 Å². The first kappa shape index (κ1) is 18.5. The lowest BCUT2D eigenvalue weighted by molar-refractivity contribution is 0.0955. The Morgan fingerprint density at radius 1 is 0.931 bits per heavy atom. The van der Waals surface area contributed by atoms with Crippen LogP contribution >= 0.6 is 0 Å². The molecule has 0 atom stereocenters. The van der Waals surface area contributed by atoms with E-state index in [9.17, 15) is 4.79 Å². The van der Waals surface area contributed by atoms with E-state index in [2.05, 4.69) is 10.5 Å². The van der Waals surface area contributed by atoms with Gasteiger partial charge < -0.3 is 9.30 Å². The van der Waals surface area contributed by atoms with Gasteiger partial charge in [-0.1, -0.05) is 30.3 Å². The molecule has 29 heavy (non-hydrogen) atoms. The molecule has 1 N–H and O–H groups in total. The number of hydrogen-bond acceptors (Lipinski definition) is 3. The van der Waals surface area contributed by atoms with Gasteiger partial charge in [-0.15, -0.1) is 0 Å². The van der Waals surface area contributed by atoms with Crippen LogP contribution in [0.2, 0.25) is 0 Å². The van der Waals surface area contributed by atoms with Crippen LogP contribution in [0.1, 0.15) is 22.8 Å². The number of nitrogens with one attached hydrogen (secondary N) is 1. The highest BCUT2D eigenvalue weighted by atomic mass is 16.5. The van der Waals surface area contributed by atoms with Gasteiger partial charge in [-0.2, -0.15) is 5.10 Å². The van der Waals surface area contributed by atoms with Crippen molar-refractivity contribution in [3.05, 3.63) is 96.3 Å². The summed E-state index contributed by atoms with van der Waals surface area (Å²) < 4.78 is 7.18. The van der Waals surface area contributed by atoms with Crippen molar-refractivity contribution >= 4 is 22.4 Å². The number of methoxy groups -OCH3 is 1. The van der Waals surface area contributed by atoms with Crippen LogP contribution in [0.15, 0.2) is 90.3 Å². The third kappa shape index (κ3) is 3.89. The highest BCUT2D eigenvalue weighted by molar-refractivity contribution is 6.04. The normalized spacial score (nSPS) is 11.4. The number of hydrogen-bond donors (Lipinski definition) is 1. The van der Waals surface area contributed by atoms with Crippen molar-refractivity contribution in [2.24, 2.45) is 5.10 Å². The predicted octanol–water partition coefficient (Wildman–Crippen LogP) is 4.79. The van der Waals surface area contributed by atoms with E-state index in [-0.39, 0.29) is 5.91 Å². The lowest BCUT2D eigenvalue weighted by Gasteiger charge is -2.10. The molecule has 4 aromatic rings. The van der Waals surface area contributed by atoms with Crippen LogP contribution in [0.5, 0.6) is 5.75 Å². The molecule has 0 aliphatic heterocycles. The predicted molar refractivity (Wildman–Crippen MR) is 116 cm³/mol. The Labute approximate surface area is 169 Å². The lowest BCUT2D eigenvalue weighted by Crippen LogP contribution is -2.21. The van der Waals surface area contributed by atoms with Gasteiger partial charge in [-0.3, -0.25) is 4.79 Å². The van der Waals surface area contributed by atoms with E-state index in [1.807, 2.05) is 90.6 Å². The molecular formula is C24H21N3O2. The van der Waals surface area contributed by atoms with Gasteiger partial charge in [0.1, 0.15) is 5.75 Å². The van der Waals surface area contributed by atoms with E-state index in [0.717, 1.165) is 33.5 Å². The third-order valence-corrected chi connectivity index (χ3v) is 4.82. The summed E-state index contributed by atoms with van der Waals surface area (Å²) in [7, 11) is 1.66. The van der Waals surface area contributed by atoms with Crippen LogP contribution in [-0.2, 0) is 0 Å². The van der Waals surface area contributed by atoms with Gasteiger partial charge in [0.05, 0.1) is 24.1 Å². The molecule has 5 heteroatoms. The summed E-state index contributed by atoms with van der Waals surface area (Å²) >= 11 is 0. The largest absolute Gasteiger partial charge is 0.497 e. The summed E-state index contributed by atoms with van der Waals surface area (Å²) in [4.78, 5) is 12.7. The maximum absolute atomic E-state index is 12.7. The molecule has 0 saturated carbocycles. The number of amides is 1. The molecular weight excluding hydrogens is 362 g/mol. The fourth-order valence-corrected chi connectivity index (χ4v) is 3.22. The van der Waals surface area contributed by atoms with Gasteiger partial charge in [0.25, 0.3) is 5.91 Å². The van der Waals surface area contributed by atoms with Crippen LogP contribution in [0.25, 0.3) is 16.5 Å². The summed E-state index contributed by atoms with van der Waals surface area (Å²) in [6.45, 7) is 1.88. The SMILES string of the molecule is COc1ccc2cc(C(C)=NNC(=O)c3ccccc3-n3cccc3)ccc2c1. The standard InChI is InChI=1S/C24H21N3O2/c1-17(18-9-10-20-16-21(29-2)12-11-19(20)15-18)25-26-24(28)22-7-3-4-8-23(22)27-13-5-6-14-27/h3-16H,1-2H3,(H,26,28).